The quantitative estimate of drug-likeness (QED) is 0.124. The van der Waals surface area contributed by atoms with Crippen molar-refractivity contribution in [3.63, 3.8) is 0 Å². The number of likely N-dealkylation sites (tertiary alicyclic amines) is 1. The number of hydrogen-bond donors (Lipinski definition) is 0. The van der Waals surface area contributed by atoms with Crippen LogP contribution in [0.15, 0.2) is 91.3 Å². The fourth-order valence-electron chi connectivity index (χ4n) is 3.90. The number of carbonyl (C=O) groups excluding carboxylic acids is 2. The number of rotatable bonds is 8. The summed E-state index contributed by atoms with van der Waals surface area (Å²) in [5.41, 5.74) is 1.01. The van der Waals surface area contributed by atoms with Crippen LogP contribution in [0.1, 0.15) is 22.7 Å². The third-order valence-corrected chi connectivity index (χ3v) is 5.56. The number of Topliss-reactive ketones (excluding diaryl/α,β-unsaturated/α-hetero) is 1. The number of pyridine rings is 1. The summed E-state index contributed by atoms with van der Waals surface area (Å²) in [7, 11) is 0. The van der Waals surface area contributed by atoms with Crippen molar-refractivity contribution in [2.24, 2.45) is 0 Å². The second-order valence-electron chi connectivity index (χ2n) is 7.79. The van der Waals surface area contributed by atoms with Crippen LogP contribution in [0.5, 0.6) is 5.75 Å². The normalized spacial score (nSPS) is 16.8. The molecule has 1 saturated heterocycles. The second kappa shape index (κ2) is 10.0. The Bertz CT molecular complexity index is 1300. The van der Waals surface area contributed by atoms with Crippen LogP contribution in [0.3, 0.4) is 0 Å². The lowest BCUT2D eigenvalue weighted by Gasteiger charge is -2.27. The topological polar surface area (TPSA) is 127 Å². The summed E-state index contributed by atoms with van der Waals surface area (Å²) in [6, 6.07) is 14.2. The highest BCUT2D eigenvalue weighted by Crippen LogP contribution is 2.40. The Kier molecular flexibility index (Phi) is 6.68. The van der Waals surface area contributed by atoms with Crippen molar-refractivity contribution >= 4 is 23.1 Å². The number of aromatic amines is 1. The lowest BCUT2D eigenvalue weighted by atomic mass is 9.95. The van der Waals surface area contributed by atoms with Crippen molar-refractivity contribution in [1.82, 2.24) is 4.90 Å². The van der Waals surface area contributed by atoms with Gasteiger partial charge < -0.3 is 14.7 Å². The van der Waals surface area contributed by atoms with Gasteiger partial charge in [0.2, 0.25) is 5.78 Å². The minimum atomic E-state index is -1.000. The second-order valence-corrected chi connectivity index (χ2v) is 7.79. The van der Waals surface area contributed by atoms with Crippen molar-refractivity contribution in [3.8, 4) is 5.75 Å². The number of nitro groups is 1. The van der Waals surface area contributed by atoms with Crippen LogP contribution < -0.4 is 14.8 Å². The summed E-state index contributed by atoms with van der Waals surface area (Å²) in [6.07, 6.45) is 4.98. The number of H-pyrrole nitrogens is 1. The van der Waals surface area contributed by atoms with Crippen LogP contribution in [0.4, 0.5) is 5.69 Å². The van der Waals surface area contributed by atoms with Crippen molar-refractivity contribution in [2.75, 3.05) is 6.61 Å². The van der Waals surface area contributed by atoms with Gasteiger partial charge in [-0.25, -0.2) is 4.98 Å². The molecule has 1 aromatic heterocycles. The van der Waals surface area contributed by atoms with Gasteiger partial charge in [-0.2, -0.15) is 0 Å². The summed E-state index contributed by atoms with van der Waals surface area (Å²) in [5.74, 6) is -1.78. The number of nitrogens with one attached hydrogen (secondary N) is 1. The largest absolute Gasteiger partial charge is 0.872 e. The van der Waals surface area contributed by atoms with E-state index in [0.717, 1.165) is 5.56 Å². The van der Waals surface area contributed by atoms with Crippen LogP contribution in [0.2, 0.25) is 0 Å². The number of nitrogens with zero attached hydrogens (tertiary/aromatic N) is 2. The van der Waals surface area contributed by atoms with Crippen LogP contribution in [0, 0.1) is 10.1 Å². The van der Waals surface area contributed by atoms with Crippen LogP contribution >= 0.6 is 0 Å². The van der Waals surface area contributed by atoms with E-state index in [1.54, 1.807) is 42.7 Å². The molecule has 1 N–H and O–H groups in total. The molecule has 9 heteroatoms. The molecule has 1 amide bonds. The fourth-order valence-corrected chi connectivity index (χ4v) is 3.90. The number of carbonyl (C=O) groups is 2. The highest BCUT2D eigenvalue weighted by atomic mass is 16.6. The number of benzene rings is 2. The molecule has 35 heavy (non-hydrogen) atoms. The van der Waals surface area contributed by atoms with Crippen molar-refractivity contribution < 1.29 is 29.3 Å². The van der Waals surface area contributed by atoms with E-state index in [-0.39, 0.29) is 23.4 Å². The fraction of sp³-hybridized carbons (Fsp3) is 0.115. The van der Waals surface area contributed by atoms with Crippen molar-refractivity contribution in [1.29, 1.82) is 0 Å². The lowest BCUT2D eigenvalue weighted by Crippen LogP contribution is -2.29. The molecule has 0 spiro atoms. The number of ether oxygens (including phenoxy) is 1. The minimum absolute atomic E-state index is 0.0642. The van der Waals surface area contributed by atoms with Gasteiger partial charge in [0.15, 0.2) is 12.4 Å². The molecule has 1 atom stereocenters. The van der Waals surface area contributed by atoms with Gasteiger partial charge in [-0.1, -0.05) is 30.5 Å². The van der Waals surface area contributed by atoms with Crippen LogP contribution in [-0.4, -0.2) is 28.1 Å². The van der Waals surface area contributed by atoms with Gasteiger partial charge in [-0.05, 0) is 41.5 Å². The summed E-state index contributed by atoms with van der Waals surface area (Å²) >= 11 is 0. The molecule has 2 heterocycles. The number of nitro benzene ring substituents is 1. The van der Waals surface area contributed by atoms with Gasteiger partial charge in [0, 0.05) is 29.3 Å². The average Bonchev–Trinajstić information content (AvgIpc) is 3.13. The number of aromatic nitrogens is 1. The summed E-state index contributed by atoms with van der Waals surface area (Å²) < 4.78 is 5.43. The maximum absolute atomic E-state index is 13.5. The molecule has 1 unspecified atom stereocenters. The van der Waals surface area contributed by atoms with Crippen LogP contribution in [-0.2, 0) is 16.1 Å². The number of ketones is 1. The maximum Gasteiger partial charge on any atom is 0.295 e. The zero-order chi connectivity index (χ0) is 24.9. The predicted molar refractivity (Wildman–Crippen MR) is 123 cm³/mol. The summed E-state index contributed by atoms with van der Waals surface area (Å²) in [4.78, 5) is 40.9. The van der Waals surface area contributed by atoms with E-state index in [1.165, 1.54) is 41.3 Å². The van der Waals surface area contributed by atoms with E-state index in [2.05, 4.69) is 11.6 Å². The number of non-ortho nitro benzene ring substituents is 1. The SMILES string of the molecule is C=CCOc1ccc(C([O-])=C2C(=O)C(=O)N(Cc3ccc[nH+]c3)C2c2ccc([N+](=O)[O-])cc2)cc1. The zero-order valence-corrected chi connectivity index (χ0v) is 18.5. The van der Waals surface area contributed by atoms with Gasteiger partial charge >= 0.3 is 0 Å². The first-order valence-corrected chi connectivity index (χ1v) is 10.7. The third kappa shape index (κ3) is 4.79. The Morgan fingerprint density at radius 1 is 1.11 bits per heavy atom. The molecule has 2 aromatic carbocycles. The van der Waals surface area contributed by atoms with E-state index in [9.17, 15) is 24.8 Å². The Morgan fingerprint density at radius 2 is 1.83 bits per heavy atom. The monoisotopic (exact) mass is 471 g/mol. The van der Waals surface area contributed by atoms with Crippen LogP contribution in [0.25, 0.3) is 5.76 Å². The van der Waals surface area contributed by atoms with E-state index in [4.69, 9.17) is 4.74 Å². The van der Waals surface area contributed by atoms with E-state index >= 15 is 0 Å². The first-order valence-electron chi connectivity index (χ1n) is 10.7. The highest BCUT2D eigenvalue weighted by molar-refractivity contribution is 6.46. The predicted octanol–water partition coefficient (Wildman–Crippen LogP) is 2.40. The molecular formula is C26H21N3O6. The Hall–Kier alpha value is -4.79. The molecule has 0 bridgehead atoms. The Labute approximate surface area is 200 Å². The van der Waals surface area contributed by atoms with Gasteiger partial charge in [0.1, 0.15) is 12.4 Å². The maximum atomic E-state index is 13.5. The molecule has 9 nitrogen and oxygen atoms in total. The Morgan fingerprint density at radius 3 is 2.43 bits per heavy atom. The van der Waals surface area contributed by atoms with Crippen molar-refractivity contribution in [3.05, 3.63) is 118 Å². The molecule has 1 aliphatic rings. The van der Waals surface area contributed by atoms with Gasteiger partial charge in [0.05, 0.1) is 17.5 Å². The molecule has 4 rings (SSSR count). The minimum Gasteiger partial charge on any atom is -0.872 e. The van der Waals surface area contributed by atoms with Crippen molar-refractivity contribution in [2.45, 2.75) is 12.6 Å². The molecule has 176 valence electrons. The third-order valence-electron chi connectivity index (χ3n) is 5.56. The average molecular weight is 471 g/mol. The molecular weight excluding hydrogens is 450 g/mol. The van der Waals surface area contributed by atoms with E-state index in [0.29, 0.717) is 17.9 Å². The molecule has 1 fully saturated rings. The first-order chi connectivity index (χ1) is 16.9. The first kappa shape index (κ1) is 23.4. The smallest absolute Gasteiger partial charge is 0.295 e. The van der Waals surface area contributed by atoms with E-state index in [1.807, 2.05) is 0 Å². The van der Waals surface area contributed by atoms with Gasteiger partial charge in [0.25, 0.3) is 11.6 Å². The standard InChI is InChI=1S/C26H21N3O6/c1-2-14-35-21-11-7-19(8-12-21)24(30)22-23(18-5-9-20(10-6-18)29(33)34)28(26(32)25(22)31)16-17-4-3-13-27-15-17/h2-13,15,23,30H,1,14,16H2. The summed E-state index contributed by atoms with van der Waals surface area (Å²) in [6.45, 7) is 3.94. The highest BCUT2D eigenvalue weighted by Gasteiger charge is 2.44. The lowest BCUT2D eigenvalue weighted by molar-refractivity contribution is -0.384. The molecule has 0 saturated carbocycles. The zero-order valence-electron chi connectivity index (χ0n) is 18.5. The Balaban J connectivity index is 1.79. The molecule has 3 aromatic rings. The molecule has 0 radical (unpaired) electrons. The summed E-state index contributed by atoms with van der Waals surface area (Å²) in [5, 5.41) is 24.6. The molecule has 1 aliphatic heterocycles. The van der Waals surface area contributed by atoms with Gasteiger partial charge in [-0.3, -0.25) is 19.7 Å². The van der Waals surface area contributed by atoms with E-state index < -0.39 is 28.4 Å². The number of amides is 1. The van der Waals surface area contributed by atoms with Gasteiger partial charge in [-0.15, -0.1) is 0 Å². The molecule has 0 aliphatic carbocycles. The number of hydrogen-bond acceptors (Lipinski definition) is 6.